The van der Waals surface area contributed by atoms with Gasteiger partial charge < -0.3 is 10.2 Å². The van der Waals surface area contributed by atoms with Crippen LogP contribution in [0.1, 0.15) is 36.8 Å². The summed E-state index contributed by atoms with van der Waals surface area (Å²) < 4.78 is 0. The van der Waals surface area contributed by atoms with E-state index in [0.29, 0.717) is 0 Å². The van der Waals surface area contributed by atoms with Gasteiger partial charge in [-0.2, -0.15) is 0 Å². The van der Waals surface area contributed by atoms with E-state index < -0.39 is 0 Å². The highest BCUT2D eigenvalue weighted by molar-refractivity contribution is 6.30. The van der Waals surface area contributed by atoms with Crippen molar-refractivity contribution >= 4 is 29.1 Å². The molecule has 0 aromatic heterocycles. The Morgan fingerprint density at radius 3 is 2.14 bits per heavy atom. The van der Waals surface area contributed by atoms with Crippen LogP contribution < -0.4 is 5.32 Å². The Morgan fingerprint density at radius 1 is 1.04 bits per heavy atom. The number of nitrogens with one attached hydrogen (secondary N) is 1. The maximum Gasteiger partial charge on any atom is 0.225 e. The molecular formula is C23H28Cl2N2O. The Labute approximate surface area is 178 Å². The van der Waals surface area contributed by atoms with E-state index in [0.717, 1.165) is 42.4 Å². The summed E-state index contributed by atoms with van der Waals surface area (Å²) in [6, 6.07) is 16.0. The van der Waals surface area contributed by atoms with Gasteiger partial charge in [-0.1, -0.05) is 47.5 Å². The van der Waals surface area contributed by atoms with Crippen LogP contribution in [0.2, 0.25) is 10.0 Å². The molecular weight excluding hydrogens is 391 g/mol. The average molecular weight is 419 g/mol. The van der Waals surface area contributed by atoms with Gasteiger partial charge >= 0.3 is 0 Å². The number of piperidine rings is 1. The number of hydrogen-bond donors (Lipinski definition) is 1. The molecule has 0 bridgehead atoms. The minimum absolute atomic E-state index is 0.0687. The number of benzene rings is 2. The zero-order chi connectivity index (χ0) is 20.1. The van der Waals surface area contributed by atoms with Crippen molar-refractivity contribution in [1.29, 1.82) is 0 Å². The van der Waals surface area contributed by atoms with Crippen molar-refractivity contribution in [1.82, 2.24) is 10.2 Å². The van der Waals surface area contributed by atoms with Gasteiger partial charge in [0.1, 0.15) is 0 Å². The molecule has 0 radical (unpaired) electrons. The van der Waals surface area contributed by atoms with Gasteiger partial charge in [-0.3, -0.25) is 4.79 Å². The molecule has 3 rings (SSSR count). The minimum atomic E-state index is 0.0687. The van der Waals surface area contributed by atoms with E-state index in [1.54, 1.807) is 0 Å². The van der Waals surface area contributed by atoms with Gasteiger partial charge in [0, 0.05) is 35.0 Å². The Kier molecular flexibility index (Phi) is 7.39. The molecule has 1 fully saturated rings. The molecule has 0 spiro atoms. The quantitative estimate of drug-likeness (QED) is 0.701. The normalized spacial score (nSPS) is 17.1. The van der Waals surface area contributed by atoms with Crippen LogP contribution in [0.3, 0.4) is 0 Å². The Hall–Kier alpha value is -1.55. The highest BCUT2D eigenvalue weighted by Gasteiger charge is 2.30. The van der Waals surface area contributed by atoms with Gasteiger partial charge in [-0.25, -0.2) is 0 Å². The van der Waals surface area contributed by atoms with Crippen molar-refractivity contribution in [2.75, 3.05) is 20.1 Å². The lowest BCUT2D eigenvalue weighted by molar-refractivity contribution is -0.137. The molecule has 1 aliphatic heterocycles. The van der Waals surface area contributed by atoms with Crippen LogP contribution in [-0.4, -0.2) is 37.0 Å². The third-order valence-electron chi connectivity index (χ3n) is 5.90. The molecule has 0 aliphatic carbocycles. The minimum Gasteiger partial charge on any atom is -0.342 e. The summed E-state index contributed by atoms with van der Waals surface area (Å²) in [7, 11) is 1.94. The zero-order valence-corrected chi connectivity index (χ0v) is 18.0. The fraction of sp³-hybridized carbons (Fsp3) is 0.435. The number of likely N-dealkylation sites (N-methyl/N-ethyl adjacent to an activating group) is 1. The first-order valence-corrected chi connectivity index (χ1v) is 10.7. The number of carbonyl (C=O) groups excluding carboxylic acids is 1. The summed E-state index contributed by atoms with van der Waals surface area (Å²) >= 11 is 12.2. The highest BCUT2D eigenvalue weighted by Crippen LogP contribution is 2.30. The largest absolute Gasteiger partial charge is 0.342 e. The molecule has 0 saturated carbocycles. The average Bonchev–Trinajstić information content (AvgIpc) is 2.73. The predicted octanol–water partition coefficient (Wildman–Crippen LogP) is 5.17. The molecule has 1 amide bonds. The number of amides is 1. The summed E-state index contributed by atoms with van der Waals surface area (Å²) in [6.45, 7) is 3.99. The second-order valence-corrected chi connectivity index (χ2v) is 8.58. The summed E-state index contributed by atoms with van der Waals surface area (Å²) in [6.07, 6.45) is 2.67. The SMILES string of the molecule is CC(C(Cc1ccc(Cl)cc1)c1ccc(Cl)cc1)N(C)C(=O)C1CCNCC1. The zero-order valence-electron chi connectivity index (χ0n) is 16.5. The van der Waals surface area contributed by atoms with E-state index in [1.807, 2.05) is 36.2 Å². The standard InChI is InChI=1S/C23H28Cl2N2O/c1-16(27(2)23(28)19-11-13-26-14-12-19)22(18-5-9-21(25)10-6-18)15-17-3-7-20(24)8-4-17/h3-10,16,19,22,26H,11-15H2,1-2H3. The van der Waals surface area contributed by atoms with Gasteiger partial charge in [0.2, 0.25) is 5.91 Å². The lowest BCUT2D eigenvalue weighted by Crippen LogP contribution is -2.45. The second-order valence-electron chi connectivity index (χ2n) is 7.70. The van der Waals surface area contributed by atoms with Gasteiger partial charge in [0.05, 0.1) is 0 Å². The van der Waals surface area contributed by atoms with E-state index in [1.165, 1.54) is 11.1 Å². The molecule has 2 aromatic carbocycles. The Bertz CT molecular complexity index is 770. The molecule has 1 saturated heterocycles. The third kappa shape index (κ3) is 5.28. The fourth-order valence-corrected chi connectivity index (χ4v) is 4.23. The van der Waals surface area contributed by atoms with Crippen molar-refractivity contribution in [3.63, 3.8) is 0 Å². The van der Waals surface area contributed by atoms with E-state index in [9.17, 15) is 4.79 Å². The van der Waals surface area contributed by atoms with Gasteiger partial charge in [-0.15, -0.1) is 0 Å². The summed E-state index contributed by atoms with van der Waals surface area (Å²) in [4.78, 5) is 15.0. The van der Waals surface area contributed by atoms with Crippen molar-refractivity contribution in [2.24, 2.45) is 5.92 Å². The van der Waals surface area contributed by atoms with Crippen molar-refractivity contribution < 1.29 is 4.79 Å². The molecule has 28 heavy (non-hydrogen) atoms. The Balaban J connectivity index is 1.82. The molecule has 3 nitrogen and oxygen atoms in total. The number of rotatable bonds is 6. The summed E-state index contributed by atoms with van der Waals surface area (Å²) in [5.41, 5.74) is 2.40. The highest BCUT2D eigenvalue weighted by atomic mass is 35.5. The van der Waals surface area contributed by atoms with Crippen LogP contribution in [-0.2, 0) is 11.2 Å². The number of hydrogen-bond acceptors (Lipinski definition) is 2. The van der Waals surface area contributed by atoms with Crippen molar-refractivity contribution in [2.45, 2.75) is 38.1 Å². The van der Waals surface area contributed by atoms with Crippen LogP contribution in [0.15, 0.2) is 48.5 Å². The smallest absolute Gasteiger partial charge is 0.225 e. The monoisotopic (exact) mass is 418 g/mol. The van der Waals surface area contributed by atoms with E-state index in [-0.39, 0.29) is 23.8 Å². The van der Waals surface area contributed by atoms with Crippen molar-refractivity contribution in [3.8, 4) is 0 Å². The molecule has 2 aromatic rings. The number of halogens is 2. The van der Waals surface area contributed by atoms with Gasteiger partial charge in [0.15, 0.2) is 0 Å². The number of carbonyl (C=O) groups is 1. The molecule has 1 N–H and O–H groups in total. The van der Waals surface area contributed by atoms with E-state index in [2.05, 4.69) is 36.5 Å². The lowest BCUT2D eigenvalue weighted by Gasteiger charge is -2.36. The molecule has 2 unspecified atom stereocenters. The molecule has 5 heteroatoms. The first-order valence-electron chi connectivity index (χ1n) is 9.93. The topological polar surface area (TPSA) is 32.3 Å². The van der Waals surface area contributed by atoms with Crippen LogP contribution in [0, 0.1) is 5.92 Å². The van der Waals surface area contributed by atoms with E-state index >= 15 is 0 Å². The Morgan fingerprint density at radius 2 is 1.57 bits per heavy atom. The summed E-state index contributed by atoms with van der Waals surface area (Å²) in [5.74, 6) is 0.549. The van der Waals surface area contributed by atoms with Crippen LogP contribution in [0.5, 0.6) is 0 Å². The lowest BCUT2D eigenvalue weighted by atomic mass is 9.85. The fourth-order valence-electron chi connectivity index (χ4n) is 3.98. The molecule has 1 heterocycles. The summed E-state index contributed by atoms with van der Waals surface area (Å²) in [5, 5.41) is 4.79. The van der Waals surface area contributed by atoms with Crippen LogP contribution in [0.4, 0.5) is 0 Å². The van der Waals surface area contributed by atoms with Crippen LogP contribution in [0.25, 0.3) is 0 Å². The third-order valence-corrected chi connectivity index (χ3v) is 6.40. The predicted molar refractivity (Wildman–Crippen MR) is 117 cm³/mol. The maximum atomic E-state index is 13.1. The maximum absolute atomic E-state index is 13.1. The number of nitrogens with zero attached hydrogens (tertiary/aromatic N) is 1. The van der Waals surface area contributed by atoms with Crippen molar-refractivity contribution in [3.05, 3.63) is 69.7 Å². The van der Waals surface area contributed by atoms with E-state index in [4.69, 9.17) is 23.2 Å². The molecule has 150 valence electrons. The van der Waals surface area contributed by atoms with Gasteiger partial charge in [0.25, 0.3) is 0 Å². The molecule has 1 aliphatic rings. The van der Waals surface area contributed by atoms with Gasteiger partial charge in [-0.05, 0) is 74.7 Å². The first-order chi connectivity index (χ1) is 13.5. The van der Waals surface area contributed by atoms with Crippen LogP contribution >= 0.6 is 23.2 Å². The first kappa shape index (κ1) is 21.2. The second kappa shape index (κ2) is 9.78. The molecule has 2 atom stereocenters.